The second-order valence-electron chi connectivity index (χ2n) is 5.09. The van der Waals surface area contributed by atoms with Crippen molar-refractivity contribution in [3.05, 3.63) is 11.3 Å². The lowest BCUT2D eigenvalue weighted by molar-refractivity contribution is 0.708. The minimum atomic E-state index is 0.721. The van der Waals surface area contributed by atoms with Crippen molar-refractivity contribution in [1.29, 1.82) is 0 Å². The molecule has 4 nitrogen and oxygen atoms in total. The van der Waals surface area contributed by atoms with Crippen LogP contribution in [0.3, 0.4) is 0 Å². The van der Waals surface area contributed by atoms with E-state index < -0.39 is 0 Å². The summed E-state index contributed by atoms with van der Waals surface area (Å²) in [6, 6.07) is 0. The molecule has 2 N–H and O–H groups in total. The summed E-state index contributed by atoms with van der Waals surface area (Å²) in [4.78, 5) is 11.5. The molecular formula is C13H20N4. The molecule has 1 fully saturated rings. The van der Waals surface area contributed by atoms with Crippen LogP contribution in [0.25, 0.3) is 0 Å². The van der Waals surface area contributed by atoms with Gasteiger partial charge in [0.05, 0.1) is 5.69 Å². The third-order valence-electron chi connectivity index (χ3n) is 3.84. The molecule has 0 aromatic carbocycles. The molecule has 17 heavy (non-hydrogen) atoms. The molecule has 0 amide bonds. The summed E-state index contributed by atoms with van der Waals surface area (Å²) >= 11 is 0. The zero-order valence-electron chi connectivity index (χ0n) is 10.3. The van der Waals surface area contributed by atoms with Gasteiger partial charge < -0.3 is 10.6 Å². The largest absolute Gasteiger partial charge is 0.383 e. The maximum Gasteiger partial charge on any atom is 0.227 e. The average Bonchev–Trinajstić information content (AvgIpc) is 2.75. The number of fused-ring (bicyclic) bond motifs is 1. The molecule has 0 atom stereocenters. The Morgan fingerprint density at radius 1 is 0.882 bits per heavy atom. The molecule has 1 aromatic rings. The first-order valence-electron chi connectivity index (χ1n) is 6.75. The van der Waals surface area contributed by atoms with Crippen molar-refractivity contribution in [2.45, 2.75) is 44.9 Å². The van der Waals surface area contributed by atoms with E-state index in [1.54, 1.807) is 0 Å². The molecule has 1 aliphatic carbocycles. The van der Waals surface area contributed by atoms with Gasteiger partial charge >= 0.3 is 0 Å². The summed E-state index contributed by atoms with van der Waals surface area (Å²) in [5.74, 6) is 1.58. The monoisotopic (exact) mass is 232 g/mol. The number of nitrogens with two attached hydrogens (primary N) is 1. The van der Waals surface area contributed by atoms with Crippen LogP contribution in [0, 0.1) is 0 Å². The highest BCUT2D eigenvalue weighted by molar-refractivity contribution is 5.49. The Bertz CT molecular complexity index is 410. The summed E-state index contributed by atoms with van der Waals surface area (Å²) in [5.41, 5.74) is 8.52. The fourth-order valence-electron chi connectivity index (χ4n) is 2.84. The number of hydrogen-bond acceptors (Lipinski definition) is 4. The van der Waals surface area contributed by atoms with E-state index in [1.165, 1.54) is 43.4 Å². The zero-order valence-corrected chi connectivity index (χ0v) is 10.3. The fraction of sp³-hybridized carbons (Fsp3) is 0.692. The number of aryl methyl sites for hydroxylation is 1. The van der Waals surface area contributed by atoms with Crippen LogP contribution < -0.4 is 10.6 Å². The molecule has 0 spiro atoms. The quantitative estimate of drug-likeness (QED) is 0.752. The Labute approximate surface area is 102 Å². The Kier molecular flexibility index (Phi) is 2.87. The van der Waals surface area contributed by atoms with Crippen molar-refractivity contribution < 1.29 is 0 Å². The van der Waals surface area contributed by atoms with Crippen LogP contribution in [-0.2, 0) is 12.8 Å². The average molecular weight is 232 g/mol. The van der Waals surface area contributed by atoms with Crippen molar-refractivity contribution in [3.63, 3.8) is 0 Å². The van der Waals surface area contributed by atoms with Crippen LogP contribution in [0.5, 0.6) is 0 Å². The highest BCUT2D eigenvalue weighted by Gasteiger charge is 2.20. The normalized spacial score (nSPS) is 20.1. The lowest BCUT2D eigenvalue weighted by Crippen LogP contribution is -2.22. The third kappa shape index (κ3) is 2.08. The number of nitrogens with zero attached hydrogens (tertiary/aromatic N) is 3. The van der Waals surface area contributed by atoms with E-state index in [0.717, 1.165) is 37.7 Å². The second kappa shape index (κ2) is 4.51. The predicted octanol–water partition coefficient (Wildman–Crippen LogP) is 1.93. The van der Waals surface area contributed by atoms with Gasteiger partial charge in [-0.3, -0.25) is 0 Å². The third-order valence-corrected chi connectivity index (χ3v) is 3.84. The minimum absolute atomic E-state index is 0.721. The Morgan fingerprint density at radius 3 is 2.47 bits per heavy atom. The van der Waals surface area contributed by atoms with Gasteiger partial charge in [-0.15, -0.1) is 0 Å². The number of rotatable bonds is 1. The van der Waals surface area contributed by atoms with Gasteiger partial charge in [0.25, 0.3) is 0 Å². The molecule has 2 aliphatic rings. The van der Waals surface area contributed by atoms with Gasteiger partial charge in [-0.1, -0.05) is 6.42 Å². The standard InChI is InChI=1S/C13H20N4/c14-12-10-6-2-1-3-7-11(10)15-13(16-12)17-8-4-5-9-17/h1-9H2,(H2,14,15,16). The van der Waals surface area contributed by atoms with E-state index in [0.29, 0.717) is 0 Å². The van der Waals surface area contributed by atoms with Gasteiger partial charge in [-0.2, -0.15) is 4.98 Å². The van der Waals surface area contributed by atoms with Crippen molar-refractivity contribution in [2.24, 2.45) is 0 Å². The molecule has 0 unspecified atom stereocenters. The number of aromatic nitrogens is 2. The summed E-state index contributed by atoms with van der Waals surface area (Å²) in [5, 5.41) is 0. The molecule has 92 valence electrons. The Hall–Kier alpha value is -1.32. The molecule has 1 aromatic heterocycles. The molecule has 4 heteroatoms. The van der Waals surface area contributed by atoms with E-state index in [2.05, 4.69) is 9.88 Å². The Balaban J connectivity index is 1.96. The van der Waals surface area contributed by atoms with Crippen LogP contribution in [0.1, 0.15) is 43.4 Å². The summed E-state index contributed by atoms with van der Waals surface area (Å²) in [7, 11) is 0. The molecule has 3 rings (SSSR count). The molecule has 0 bridgehead atoms. The van der Waals surface area contributed by atoms with Gasteiger partial charge in [0.15, 0.2) is 0 Å². The SMILES string of the molecule is Nc1nc(N2CCCC2)nc2c1CCCCC2. The second-order valence-corrected chi connectivity index (χ2v) is 5.09. The first-order chi connectivity index (χ1) is 8.34. The van der Waals surface area contributed by atoms with Crippen LogP contribution in [0.15, 0.2) is 0 Å². The van der Waals surface area contributed by atoms with E-state index >= 15 is 0 Å². The predicted molar refractivity (Wildman–Crippen MR) is 69.2 cm³/mol. The fourth-order valence-corrected chi connectivity index (χ4v) is 2.84. The van der Waals surface area contributed by atoms with Crippen LogP contribution >= 0.6 is 0 Å². The maximum atomic E-state index is 6.10. The van der Waals surface area contributed by atoms with E-state index in [9.17, 15) is 0 Å². The van der Waals surface area contributed by atoms with Gasteiger partial charge in [0, 0.05) is 18.7 Å². The van der Waals surface area contributed by atoms with Crippen LogP contribution in [-0.4, -0.2) is 23.1 Å². The number of hydrogen-bond donors (Lipinski definition) is 1. The van der Waals surface area contributed by atoms with Crippen molar-refractivity contribution >= 4 is 11.8 Å². The topological polar surface area (TPSA) is 55.0 Å². The van der Waals surface area contributed by atoms with Gasteiger partial charge in [0.2, 0.25) is 5.95 Å². The number of anilines is 2. The van der Waals surface area contributed by atoms with E-state index in [1.807, 2.05) is 0 Å². The maximum absolute atomic E-state index is 6.10. The lowest BCUT2D eigenvalue weighted by Gasteiger charge is -2.18. The first-order valence-corrected chi connectivity index (χ1v) is 6.75. The number of nitrogen functional groups attached to an aromatic ring is 1. The molecule has 2 heterocycles. The van der Waals surface area contributed by atoms with Gasteiger partial charge in [0.1, 0.15) is 5.82 Å². The van der Waals surface area contributed by atoms with Crippen molar-refractivity contribution in [2.75, 3.05) is 23.7 Å². The highest BCUT2D eigenvalue weighted by Crippen LogP contribution is 2.26. The summed E-state index contributed by atoms with van der Waals surface area (Å²) in [6.07, 6.45) is 8.38. The zero-order chi connectivity index (χ0) is 11.7. The molecule has 0 radical (unpaired) electrons. The van der Waals surface area contributed by atoms with Gasteiger partial charge in [-0.05, 0) is 38.5 Å². The summed E-state index contributed by atoms with van der Waals surface area (Å²) in [6.45, 7) is 2.16. The van der Waals surface area contributed by atoms with Gasteiger partial charge in [-0.25, -0.2) is 4.98 Å². The molecular weight excluding hydrogens is 212 g/mol. The van der Waals surface area contributed by atoms with Crippen LogP contribution in [0.4, 0.5) is 11.8 Å². The molecule has 1 saturated heterocycles. The minimum Gasteiger partial charge on any atom is -0.383 e. The van der Waals surface area contributed by atoms with Crippen LogP contribution in [0.2, 0.25) is 0 Å². The highest BCUT2D eigenvalue weighted by atomic mass is 15.3. The van der Waals surface area contributed by atoms with E-state index in [4.69, 9.17) is 10.7 Å². The lowest BCUT2D eigenvalue weighted by atomic mass is 10.1. The smallest absolute Gasteiger partial charge is 0.227 e. The molecule has 1 aliphatic heterocycles. The Morgan fingerprint density at radius 2 is 1.65 bits per heavy atom. The first kappa shape index (κ1) is 10.8. The summed E-state index contributed by atoms with van der Waals surface area (Å²) < 4.78 is 0. The molecule has 0 saturated carbocycles. The van der Waals surface area contributed by atoms with Crippen molar-refractivity contribution in [3.8, 4) is 0 Å². The van der Waals surface area contributed by atoms with E-state index in [-0.39, 0.29) is 0 Å². The van der Waals surface area contributed by atoms with Crippen molar-refractivity contribution in [1.82, 2.24) is 9.97 Å².